The van der Waals surface area contributed by atoms with Crippen LogP contribution in [0.15, 0.2) is 66.9 Å². The highest BCUT2D eigenvalue weighted by Crippen LogP contribution is 2.49. The van der Waals surface area contributed by atoms with E-state index in [1.807, 2.05) is 0 Å². The number of halogens is 2. The van der Waals surface area contributed by atoms with Gasteiger partial charge >= 0.3 is 0 Å². The Morgan fingerprint density at radius 1 is 0.949 bits per heavy atom. The summed E-state index contributed by atoms with van der Waals surface area (Å²) in [6.07, 6.45) is 2.17. The number of nitrogens with two attached hydrogens (primary N) is 2. The van der Waals surface area contributed by atoms with Crippen molar-refractivity contribution in [2.45, 2.75) is 12.8 Å². The molecule has 3 aromatic carbocycles. The first kappa shape index (κ1) is 25.9. The number of ether oxygens (including phenoxy) is 2. The number of methoxy groups -OCH3 is 1. The van der Waals surface area contributed by atoms with Crippen molar-refractivity contribution in [3.63, 3.8) is 0 Å². The van der Waals surface area contributed by atoms with Crippen molar-refractivity contribution < 1.29 is 28.2 Å². The van der Waals surface area contributed by atoms with Crippen LogP contribution >= 0.6 is 11.6 Å². The molecule has 1 fully saturated rings. The van der Waals surface area contributed by atoms with Crippen LogP contribution in [-0.2, 0) is 9.59 Å². The van der Waals surface area contributed by atoms with E-state index in [1.54, 1.807) is 24.3 Å². The predicted octanol–water partition coefficient (Wildman–Crippen LogP) is 4.86. The van der Waals surface area contributed by atoms with Crippen LogP contribution in [0.25, 0.3) is 10.9 Å². The largest absolute Gasteiger partial charge is 0.496 e. The molecular weight excluding hydrogens is 527 g/mol. The maximum atomic E-state index is 13.6. The summed E-state index contributed by atoms with van der Waals surface area (Å²) in [6.45, 7) is 0. The number of nitrogens with zero attached hydrogens (tertiary/aromatic N) is 2. The molecule has 0 saturated heterocycles. The van der Waals surface area contributed by atoms with Crippen LogP contribution in [0.4, 0.5) is 15.8 Å². The van der Waals surface area contributed by atoms with E-state index in [9.17, 15) is 18.8 Å². The first-order valence-electron chi connectivity index (χ1n) is 11.8. The fourth-order valence-electron chi connectivity index (χ4n) is 4.31. The molecule has 5 rings (SSSR count). The Kier molecular flexibility index (Phi) is 6.57. The molecule has 4 aromatic rings. The zero-order valence-corrected chi connectivity index (χ0v) is 21.4. The second-order valence-electron chi connectivity index (χ2n) is 9.02. The Morgan fingerprint density at radius 2 is 1.64 bits per heavy atom. The van der Waals surface area contributed by atoms with Crippen molar-refractivity contribution in [3.05, 3.63) is 83.3 Å². The average Bonchev–Trinajstić information content (AvgIpc) is 3.73. The Bertz CT molecular complexity index is 1640. The third-order valence-corrected chi connectivity index (χ3v) is 6.90. The number of primary amides is 2. The van der Waals surface area contributed by atoms with Crippen LogP contribution < -0.4 is 25.8 Å². The lowest BCUT2D eigenvalue weighted by atomic mass is 10.0. The van der Waals surface area contributed by atoms with Gasteiger partial charge in [-0.1, -0.05) is 11.6 Å². The summed E-state index contributed by atoms with van der Waals surface area (Å²) in [4.78, 5) is 43.2. The monoisotopic (exact) mass is 548 g/mol. The van der Waals surface area contributed by atoms with Gasteiger partial charge in [-0.25, -0.2) is 4.39 Å². The topological polar surface area (TPSA) is 138 Å². The van der Waals surface area contributed by atoms with E-state index >= 15 is 0 Å². The zero-order chi connectivity index (χ0) is 27.9. The molecule has 9 nitrogen and oxygen atoms in total. The van der Waals surface area contributed by atoms with Crippen LogP contribution in [0.2, 0.25) is 5.02 Å². The standard InChI is InChI=1S/C28H22ClFN4O5/c1-38-24-14-21-18(13-19(24)25(31)35)22(8-11-33-21)39-23-7-6-17(12-20(23)29)34(16-4-2-15(30)3-5-16)27(37)28(9-10-28)26(32)36/h2-8,11-14H,9-10H2,1H3,(H2,31,35)(H2,32,36). The number of aromatic nitrogens is 1. The van der Waals surface area contributed by atoms with Crippen LogP contribution in [0.5, 0.6) is 17.2 Å². The molecule has 198 valence electrons. The molecule has 11 heteroatoms. The maximum absolute atomic E-state index is 13.6. The summed E-state index contributed by atoms with van der Waals surface area (Å²) >= 11 is 6.59. The minimum atomic E-state index is -1.33. The first-order valence-corrected chi connectivity index (χ1v) is 12.2. The lowest BCUT2D eigenvalue weighted by molar-refractivity contribution is -0.133. The van der Waals surface area contributed by atoms with E-state index in [-0.39, 0.29) is 22.1 Å². The van der Waals surface area contributed by atoms with E-state index in [1.165, 1.54) is 54.6 Å². The number of anilines is 2. The van der Waals surface area contributed by atoms with Gasteiger partial charge in [0.25, 0.3) is 5.91 Å². The fourth-order valence-corrected chi connectivity index (χ4v) is 4.52. The summed E-state index contributed by atoms with van der Waals surface area (Å²) in [5.41, 5.74) is 11.0. The van der Waals surface area contributed by atoms with Gasteiger partial charge in [-0.05, 0) is 67.4 Å². The zero-order valence-electron chi connectivity index (χ0n) is 20.6. The molecule has 0 unspecified atom stereocenters. The van der Waals surface area contributed by atoms with Crippen LogP contribution in [0, 0.1) is 11.2 Å². The summed E-state index contributed by atoms with van der Waals surface area (Å²) in [6, 6.07) is 14.6. The number of hydrogen-bond donors (Lipinski definition) is 2. The molecule has 0 aliphatic heterocycles. The number of rotatable bonds is 8. The number of carbonyl (C=O) groups is 3. The van der Waals surface area contributed by atoms with Gasteiger partial charge in [-0.15, -0.1) is 0 Å². The second kappa shape index (κ2) is 9.88. The minimum absolute atomic E-state index is 0.143. The number of fused-ring (bicyclic) bond motifs is 1. The lowest BCUT2D eigenvalue weighted by Gasteiger charge is -2.27. The molecule has 1 aliphatic rings. The Hall–Kier alpha value is -4.70. The number of pyridine rings is 1. The highest BCUT2D eigenvalue weighted by molar-refractivity contribution is 6.32. The summed E-state index contributed by atoms with van der Waals surface area (Å²) in [5, 5.41) is 0.637. The van der Waals surface area contributed by atoms with Gasteiger partial charge in [0.1, 0.15) is 28.5 Å². The maximum Gasteiger partial charge on any atom is 0.252 e. The number of hydrogen-bond acceptors (Lipinski definition) is 6. The van der Waals surface area contributed by atoms with Gasteiger partial charge in [-0.3, -0.25) is 24.3 Å². The molecule has 0 spiro atoms. The van der Waals surface area contributed by atoms with Crippen molar-refractivity contribution in [2.75, 3.05) is 12.0 Å². The Labute approximate surface area is 227 Å². The summed E-state index contributed by atoms with van der Waals surface area (Å²) in [7, 11) is 1.42. The third-order valence-electron chi connectivity index (χ3n) is 6.60. The van der Waals surface area contributed by atoms with Crippen molar-refractivity contribution in [1.29, 1.82) is 0 Å². The summed E-state index contributed by atoms with van der Waals surface area (Å²) < 4.78 is 24.9. The van der Waals surface area contributed by atoms with E-state index in [2.05, 4.69) is 4.98 Å². The van der Waals surface area contributed by atoms with Gasteiger partial charge in [0.15, 0.2) is 0 Å². The first-order chi connectivity index (χ1) is 18.6. The summed E-state index contributed by atoms with van der Waals surface area (Å²) in [5.74, 6) is -1.55. The fraction of sp³-hybridized carbons (Fsp3) is 0.143. The Balaban J connectivity index is 1.53. The van der Waals surface area contributed by atoms with Gasteiger partial charge in [0.05, 0.1) is 28.9 Å². The van der Waals surface area contributed by atoms with Crippen LogP contribution in [0.3, 0.4) is 0 Å². The van der Waals surface area contributed by atoms with Gasteiger partial charge < -0.3 is 20.9 Å². The molecule has 1 heterocycles. The average molecular weight is 549 g/mol. The lowest BCUT2D eigenvalue weighted by Crippen LogP contribution is -2.41. The molecule has 1 aliphatic carbocycles. The van der Waals surface area contributed by atoms with Crippen molar-refractivity contribution >= 4 is 51.6 Å². The van der Waals surface area contributed by atoms with Crippen molar-refractivity contribution in [3.8, 4) is 17.2 Å². The SMILES string of the molecule is COc1cc2nccc(Oc3ccc(N(C(=O)C4(C(N)=O)CC4)c4ccc(F)cc4)cc3Cl)c2cc1C(N)=O. The predicted molar refractivity (Wildman–Crippen MR) is 143 cm³/mol. The number of carbonyl (C=O) groups excluding carboxylic acids is 3. The van der Waals surface area contributed by atoms with Crippen LogP contribution in [0.1, 0.15) is 23.2 Å². The second-order valence-corrected chi connectivity index (χ2v) is 9.43. The van der Waals surface area contributed by atoms with Crippen molar-refractivity contribution in [2.24, 2.45) is 16.9 Å². The molecule has 3 amide bonds. The normalized spacial score (nSPS) is 13.5. The Morgan fingerprint density at radius 3 is 2.23 bits per heavy atom. The molecule has 0 atom stereocenters. The molecule has 1 saturated carbocycles. The van der Waals surface area contributed by atoms with Gasteiger partial charge in [0.2, 0.25) is 11.8 Å². The van der Waals surface area contributed by atoms with Crippen LogP contribution in [-0.4, -0.2) is 29.8 Å². The molecule has 0 radical (unpaired) electrons. The molecular formula is C28H22ClFN4O5. The van der Waals surface area contributed by atoms with E-state index in [0.29, 0.717) is 40.9 Å². The number of amides is 3. The van der Waals surface area contributed by atoms with E-state index in [4.69, 9.17) is 32.5 Å². The highest BCUT2D eigenvalue weighted by atomic mass is 35.5. The molecule has 4 N–H and O–H groups in total. The van der Waals surface area contributed by atoms with Gasteiger partial charge in [-0.2, -0.15) is 0 Å². The smallest absolute Gasteiger partial charge is 0.252 e. The van der Waals surface area contributed by atoms with Gasteiger partial charge in [0, 0.05) is 23.3 Å². The quantitative estimate of drug-likeness (QED) is 0.302. The molecule has 0 bridgehead atoms. The van der Waals surface area contributed by atoms with E-state index in [0.717, 1.165) is 0 Å². The number of benzene rings is 3. The third kappa shape index (κ3) is 4.70. The van der Waals surface area contributed by atoms with Crippen molar-refractivity contribution in [1.82, 2.24) is 4.98 Å². The molecule has 39 heavy (non-hydrogen) atoms. The minimum Gasteiger partial charge on any atom is -0.496 e. The highest BCUT2D eigenvalue weighted by Gasteiger charge is 2.57. The van der Waals surface area contributed by atoms with E-state index < -0.39 is 29.0 Å². The molecule has 1 aromatic heterocycles.